The second kappa shape index (κ2) is 2.06. The molecule has 1 saturated heterocycles. The van der Waals surface area contributed by atoms with Crippen LogP contribution in [0.3, 0.4) is 0 Å². The third-order valence-electron chi connectivity index (χ3n) is 0.916. The van der Waals surface area contributed by atoms with Crippen LogP contribution in [0.4, 0.5) is 0 Å². The van der Waals surface area contributed by atoms with Crippen LogP contribution < -0.4 is 10.6 Å². The predicted molar refractivity (Wildman–Crippen MR) is 26.2 cm³/mol. The zero-order valence-corrected chi connectivity index (χ0v) is 4.13. The van der Waals surface area contributed by atoms with E-state index >= 15 is 0 Å². The number of nitro groups is 1. The molecule has 0 bridgehead atoms. The van der Waals surface area contributed by atoms with Crippen LogP contribution in [-0.4, -0.2) is 17.8 Å². The highest BCUT2D eigenvalue weighted by Gasteiger charge is 2.23. The zero-order valence-electron chi connectivity index (χ0n) is 4.13. The number of hydrogen-bond acceptors (Lipinski definition) is 4. The number of rotatable bonds is 1. The van der Waals surface area contributed by atoms with Crippen molar-refractivity contribution in [1.82, 2.24) is 10.6 Å². The van der Waals surface area contributed by atoms with Crippen LogP contribution in [0, 0.1) is 16.7 Å². The van der Waals surface area contributed by atoms with E-state index in [-0.39, 0.29) is 4.92 Å². The Bertz CT molecular complexity index is 98.7. The third-order valence-corrected chi connectivity index (χ3v) is 0.916. The van der Waals surface area contributed by atoms with Crippen molar-refractivity contribution >= 4 is 0 Å². The van der Waals surface area contributed by atoms with Gasteiger partial charge < -0.3 is 0 Å². The molecule has 1 aliphatic rings. The quantitative estimate of drug-likeness (QED) is 0.337. The van der Waals surface area contributed by atoms with E-state index in [1.165, 1.54) is 6.54 Å². The summed E-state index contributed by atoms with van der Waals surface area (Å²) in [5.74, 6) is 0. The van der Waals surface area contributed by atoms with Crippen LogP contribution in [-0.2, 0) is 0 Å². The molecule has 0 aliphatic carbocycles. The highest BCUT2D eigenvalue weighted by molar-refractivity contribution is 4.77. The van der Waals surface area contributed by atoms with Gasteiger partial charge in [0.1, 0.15) is 6.54 Å². The Labute approximate surface area is 46.2 Å². The smallest absolute Gasteiger partial charge is 0.284 e. The fourth-order valence-corrected chi connectivity index (χ4v) is 0.528. The van der Waals surface area contributed by atoms with E-state index in [1.807, 2.05) is 0 Å². The molecule has 1 aliphatic heterocycles. The summed E-state index contributed by atoms with van der Waals surface area (Å²) in [4.78, 5) is 9.48. The Morgan fingerprint density at radius 3 is 2.88 bits per heavy atom. The van der Waals surface area contributed by atoms with E-state index in [4.69, 9.17) is 0 Å². The van der Waals surface area contributed by atoms with Crippen molar-refractivity contribution in [3.05, 3.63) is 16.7 Å². The average molecular weight is 116 g/mol. The summed E-state index contributed by atoms with van der Waals surface area (Å²) in [6.07, 6.45) is -0.699. The molecule has 1 atom stereocenters. The maximum absolute atomic E-state index is 9.87. The van der Waals surface area contributed by atoms with Crippen molar-refractivity contribution in [3.8, 4) is 0 Å². The summed E-state index contributed by atoms with van der Waals surface area (Å²) in [6, 6.07) is 0. The minimum Gasteiger partial charge on any atom is -0.292 e. The van der Waals surface area contributed by atoms with Crippen molar-refractivity contribution in [2.24, 2.45) is 0 Å². The molecule has 1 rings (SSSR count). The molecule has 0 aromatic heterocycles. The molecule has 8 heavy (non-hydrogen) atoms. The van der Waals surface area contributed by atoms with Crippen molar-refractivity contribution in [2.75, 3.05) is 6.67 Å². The van der Waals surface area contributed by atoms with E-state index < -0.39 is 6.17 Å². The molecule has 0 amide bonds. The lowest BCUT2D eigenvalue weighted by molar-refractivity contribution is -0.517. The van der Waals surface area contributed by atoms with E-state index in [0.717, 1.165) is 0 Å². The van der Waals surface area contributed by atoms with E-state index in [0.29, 0.717) is 6.67 Å². The summed E-state index contributed by atoms with van der Waals surface area (Å²) in [5.41, 5.74) is 0. The highest BCUT2D eigenvalue weighted by atomic mass is 16.6. The van der Waals surface area contributed by atoms with Gasteiger partial charge in [-0.25, -0.2) is 5.32 Å². The van der Waals surface area contributed by atoms with Gasteiger partial charge in [0.2, 0.25) is 0 Å². The topological polar surface area (TPSA) is 67.2 Å². The number of nitrogens with zero attached hydrogens (tertiary/aromatic N) is 1. The zero-order chi connectivity index (χ0) is 5.98. The largest absolute Gasteiger partial charge is 0.292 e. The lowest BCUT2D eigenvalue weighted by Gasteiger charge is -1.95. The summed E-state index contributed by atoms with van der Waals surface area (Å²) in [5, 5.41) is 15.1. The van der Waals surface area contributed by atoms with Crippen LogP contribution in [0.5, 0.6) is 0 Å². The Kier molecular flexibility index (Phi) is 1.40. The molecule has 0 spiro atoms. The molecular formula is C3H6N3O2. The van der Waals surface area contributed by atoms with Gasteiger partial charge >= 0.3 is 0 Å². The van der Waals surface area contributed by atoms with Crippen molar-refractivity contribution in [3.63, 3.8) is 0 Å². The first-order valence-corrected chi connectivity index (χ1v) is 2.24. The van der Waals surface area contributed by atoms with Gasteiger partial charge in [-0.3, -0.25) is 15.4 Å². The third kappa shape index (κ3) is 0.932. The van der Waals surface area contributed by atoms with E-state index in [2.05, 4.69) is 10.6 Å². The first-order valence-electron chi connectivity index (χ1n) is 2.24. The SMILES string of the molecule is O=[N+]([O-])C1[CH]NCN1. The van der Waals surface area contributed by atoms with E-state index in [9.17, 15) is 10.1 Å². The minimum atomic E-state index is -0.699. The molecule has 0 saturated carbocycles. The van der Waals surface area contributed by atoms with E-state index in [1.54, 1.807) is 0 Å². The standard InChI is InChI=1S/C3H6N3O2/c7-6(8)3-1-4-2-5-3/h1,3-5H,2H2. The molecule has 5 heteroatoms. The normalized spacial score (nSPS) is 28.2. The molecule has 5 nitrogen and oxygen atoms in total. The van der Waals surface area contributed by atoms with Crippen LogP contribution in [0.1, 0.15) is 0 Å². The van der Waals surface area contributed by atoms with Crippen LogP contribution in [0.25, 0.3) is 0 Å². The molecule has 0 aromatic carbocycles. The van der Waals surface area contributed by atoms with Gasteiger partial charge in [-0.05, 0) is 0 Å². The fraction of sp³-hybridized carbons (Fsp3) is 0.667. The molecule has 1 radical (unpaired) electrons. The number of nitrogens with one attached hydrogen (secondary N) is 2. The van der Waals surface area contributed by atoms with Crippen LogP contribution >= 0.6 is 0 Å². The maximum atomic E-state index is 9.87. The van der Waals surface area contributed by atoms with Gasteiger partial charge in [-0.15, -0.1) is 0 Å². The lowest BCUT2D eigenvalue weighted by atomic mass is 10.6. The first-order chi connectivity index (χ1) is 3.80. The molecule has 0 aromatic rings. The average Bonchev–Trinajstić information content (AvgIpc) is 2.12. The Morgan fingerprint density at radius 2 is 2.62 bits per heavy atom. The highest BCUT2D eigenvalue weighted by Crippen LogP contribution is 1.91. The van der Waals surface area contributed by atoms with Crippen LogP contribution in [0.15, 0.2) is 0 Å². The Balaban J connectivity index is 2.35. The van der Waals surface area contributed by atoms with Crippen molar-refractivity contribution < 1.29 is 4.92 Å². The first kappa shape index (κ1) is 5.46. The van der Waals surface area contributed by atoms with Gasteiger partial charge in [0.05, 0.1) is 6.67 Å². The lowest BCUT2D eigenvalue weighted by Crippen LogP contribution is -2.29. The monoisotopic (exact) mass is 116 g/mol. The molecule has 1 heterocycles. The van der Waals surface area contributed by atoms with Gasteiger partial charge in [0, 0.05) is 4.92 Å². The van der Waals surface area contributed by atoms with Crippen molar-refractivity contribution in [2.45, 2.75) is 6.17 Å². The maximum Gasteiger partial charge on any atom is 0.284 e. The summed E-state index contributed by atoms with van der Waals surface area (Å²) >= 11 is 0. The molecule has 1 fully saturated rings. The van der Waals surface area contributed by atoms with Crippen LogP contribution in [0.2, 0.25) is 0 Å². The van der Waals surface area contributed by atoms with Crippen molar-refractivity contribution in [1.29, 1.82) is 0 Å². The second-order valence-electron chi connectivity index (χ2n) is 1.48. The minimum absolute atomic E-state index is 0.389. The second-order valence-corrected chi connectivity index (χ2v) is 1.48. The van der Waals surface area contributed by atoms with Gasteiger partial charge in [0.15, 0.2) is 0 Å². The van der Waals surface area contributed by atoms with Gasteiger partial charge in [-0.2, -0.15) is 0 Å². The summed E-state index contributed by atoms with van der Waals surface area (Å²) in [7, 11) is 0. The molecule has 2 N–H and O–H groups in total. The molecule has 45 valence electrons. The molecule has 1 unspecified atom stereocenters. The predicted octanol–water partition coefficient (Wildman–Crippen LogP) is -1.10. The molecular weight excluding hydrogens is 110 g/mol. The van der Waals surface area contributed by atoms with Gasteiger partial charge in [-0.1, -0.05) is 0 Å². The Morgan fingerprint density at radius 1 is 1.88 bits per heavy atom. The fourth-order valence-electron chi connectivity index (χ4n) is 0.528. The van der Waals surface area contributed by atoms with Gasteiger partial charge in [0.25, 0.3) is 6.17 Å². The summed E-state index contributed by atoms with van der Waals surface area (Å²) < 4.78 is 0. The summed E-state index contributed by atoms with van der Waals surface area (Å²) in [6.45, 7) is 1.91. The Hall–Kier alpha value is -0.680. The number of hydrogen-bond donors (Lipinski definition) is 2.